The smallest absolute Gasteiger partial charge is 0.185 e. The zero-order valence-corrected chi connectivity index (χ0v) is 22.1. The summed E-state index contributed by atoms with van der Waals surface area (Å²) < 4.78 is 14.7. The molecule has 190 valence electrons. The highest BCUT2D eigenvalue weighted by Crippen LogP contribution is 2.61. The van der Waals surface area contributed by atoms with E-state index in [0.717, 1.165) is 15.7 Å². The molecule has 4 aromatic rings. The summed E-state index contributed by atoms with van der Waals surface area (Å²) in [5.41, 5.74) is 1.92. The lowest BCUT2D eigenvalue weighted by Gasteiger charge is -2.37. The van der Waals surface area contributed by atoms with Gasteiger partial charge in [0.15, 0.2) is 17.3 Å². The summed E-state index contributed by atoms with van der Waals surface area (Å²) in [7, 11) is 0. The molecule has 4 aromatic carbocycles. The standard InChI is InChI=1S/C33H21BrFNO3/c34-22-14-9-20(10-15-22)28-29(30(37)21-11-16-23(35)17-12-21)36-26-8-4-1-5-19(26)13-18-27(36)33(28)31(38)24-6-2-3-7-25(24)32(33)39/h1-18,27-29H/t27-,28-,29+/m1/s1. The molecule has 0 N–H and O–H groups in total. The van der Waals surface area contributed by atoms with Crippen molar-refractivity contribution in [2.45, 2.75) is 18.0 Å². The molecule has 0 aromatic heterocycles. The van der Waals surface area contributed by atoms with Crippen LogP contribution in [0.15, 0.2) is 108 Å². The van der Waals surface area contributed by atoms with E-state index in [2.05, 4.69) is 15.9 Å². The molecule has 1 aliphatic carbocycles. The van der Waals surface area contributed by atoms with E-state index in [9.17, 15) is 18.8 Å². The van der Waals surface area contributed by atoms with Gasteiger partial charge in [0.2, 0.25) is 0 Å². The summed E-state index contributed by atoms with van der Waals surface area (Å²) in [5.74, 6) is -2.06. The molecule has 2 aliphatic heterocycles. The molecule has 0 saturated carbocycles. The molecule has 7 rings (SSSR count). The van der Waals surface area contributed by atoms with E-state index >= 15 is 0 Å². The third-order valence-corrected chi connectivity index (χ3v) is 8.87. The normalized spacial score (nSPS) is 22.1. The Balaban J connectivity index is 1.54. The fourth-order valence-corrected chi connectivity index (χ4v) is 7.01. The number of ketones is 3. The molecule has 4 nitrogen and oxygen atoms in total. The van der Waals surface area contributed by atoms with Crippen LogP contribution >= 0.6 is 15.9 Å². The number of benzene rings is 4. The van der Waals surface area contributed by atoms with Gasteiger partial charge in [0, 0.05) is 32.8 Å². The van der Waals surface area contributed by atoms with Crippen LogP contribution in [0.1, 0.15) is 48.1 Å². The van der Waals surface area contributed by atoms with Gasteiger partial charge in [0.05, 0.1) is 6.04 Å². The van der Waals surface area contributed by atoms with Crippen LogP contribution in [0, 0.1) is 11.2 Å². The van der Waals surface area contributed by atoms with Gasteiger partial charge in [-0.15, -0.1) is 0 Å². The van der Waals surface area contributed by atoms with E-state index in [0.29, 0.717) is 22.3 Å². The first-order chi connectivity index (χ1) is 18.9. The van der Waals surface area contributed by atoms with Crippen molar-refractivity contribution in [3.8, 4) is 0 Å². The van der Waals surface area contributed by atoms with Crippen LogP contribution < -0.4 is 4.90 Å². The Bertz CT molecular complexity index is 1670. The summed E-state index contributed by atoms with van der Waals surface area (Å²) in [6.45, 7) is 0. The summed E-state index contributed by atoms with van der Waals surface area (Å²) >= 11 is 3.49. The quantitative estimate of drug-likeness (QED) is 0.196. The van der Waals surface area contributed by atoms with Gasteiger partial charge in [-0.1, -0.05) is 82.7 Å². The highest BCUT2D eigenvalue weighted by Gasteiger charge is 2.71. The molecule has 0 unspecified atom stereocenters. The van der Waals surface area contributed by atoms with E-state index in [4.69, 9.17) is 0 Å². The van der Waals surface area contributed by atoms with Gasteiger partial charge in [0.1, 0.15) is 17.3 Å². The topological polar surface area (TPSA) is 54.5 Å². The number of carbonyl (C=O) groups excluding carboxylic acids is 3. The molecule has 39 heavy (non-hydrogen) atoms. The van der Waals surface area contributed by atoms with Gasteiger partial charge in [-0.3, -0.25) is 14.4 Å². The number of anilines is 1. The molecule has 0 amide bonds. The maximum absolute atomic E-state index is 14.5. The molecule has 1 spiro atoms. The van der Waals surface area contributed by atoms with Gasteiger partial charge >= 0.3 is 0 Å². The molecule has 2 heterocycles. The summed E-state index contributed by atoms with van der Waals surface area (Å²) in [6, 6.07) is 25.9. The number of para-hydroxylation sites is 1. The minimum atomic E-state index is -1.55. The molecular weight excluding hydrogens is 557 g/mol. The van der Waals surface area contributed by atoms with Crippen LogP contribution in [-0.4, -0.2) is 29.4 Å². The van der Waals surface area contributed by atoms with Gasteiger partial charge in [-0.05, 0) is 53.6 Å². The molecule has 1 fully saturated rings. The Morgan fingerprint density at radius 1 is 0.795 bits per heavy atom. The van der Waals surface area contributed by atoms with E-state index in [1.54, 1.807) is 24.3 Å². The highest BCUT2D eigenvalue weighted by molar-refractivity contribution is 9.10. The molecule has 0 bridgehead atoms. The molecular formula is C33H21BrFNO3. The van der Waals surface area contributed by atoms with Crippen LogP contribution in [0.3, 0.4) is 0 Å². The lowest BCUT2D eigenvalue weighted by Crippen LogP contribution is -2.48. The largest absolute Gasteiger partial charge is 0.352 e. The van der Waals surface area contributed by atoms with Crippen LogP contribution in [0.4, 0.5) is 10.1 Å². The van der Waals surface area contributed by atoms with Gasteiger partial charge in [-0.2, -0.15) is 0 Å². The monoisotopic (exact) mass is 577 g/mol. The molecule has 3 aliphatic rings. The van der Waals surface area contributed by atoms with Crippen molar-refractivity contribution >= 4 is 45.0 Å². The third-order valence-electron chi connectivity index (χ3n) is 8.34. The van der Waals surface area contributed by atoms with Gasteiger partial charge in [-0.25, -0.2) is 4.39 Å². The minimum absolute atomic E-state index is 0.272. The van der Waals surface area contributed by atoms with Crippen LogP contribution in [0.5, 0.6) is 0 Å². The molecule has 0 radical (unpaired) electrons. The van der Waals surface area contributed by atoms with E-state index in [-0.39, 0.29) is 17.3 Å². The number of halogens is 2. The number of nitrogens with zero attached hydrogens (tertiary/aromatic N) is 1. The van der Waals surface area contributed by atoms with Crippen molar-refractivity contribution in [3.05, 3.63) is 141 Å². The first-order valence-corrected chi connectivity index (χ1v) is 13.5. The summed E-state index contributed by atoms with van der Waals surface area (Å²) in [6.07, 6.45) is 3.83. The second-order valence-corrected chi connectivity index (χ2v) is 11.1. The number of hydrogen-bond donors (Lipinski definition) is 0. The maximum Gasteiger partial charge on any atom is 0.185 e. The summed E-state index contributed by atoms with van der Waals surface area (Å²) in [5, 5.41) is 0. The van der Waals surface area contributed by atoms with Crippen LogP contribution in [0.25, 0.3) is 6.08 Å². The van der Waals surface area contributed by atoms with Crippen molar-refractivity contribution in [3.63, 3.8) is 0 Å². The Labute approximate surface area is 232 Å². The Kier molecular flexibility index (Phi) is 5.32. The van der Waals surface area contributed by atoms with Crippen molar-refractivity contribution < 1.29 is 18.8 Å². The maximum atomic E-state index is 14.5. The first-order valence-electron chi connectivity index (χ1n) is 12.7. The molecule has 3 atom stereocenters. The van der Waals surface area contributed by atoms with E-state index in [1.165, 1.54) is 24.3 Å². The Morgan fingerprint density at radius 2 is 1.41 bits per heavy atom. The fourth-order valence-electron chi connectivity index (χ4n) is 6.75. The van der Waals surface area contributed by atoms with Gasteiger partial charge in [0.25, 0.3) is 0 Å². The van der Waals surface area contributed by atoms with Crippen LogP contribution in [-0.2, 0) is 0 Å². The van der Waals surface area contributed by atoms with Crippen molar-refractivity contribution in [1.29, 1.82) is 0 Å². The highest BCUT2D eigenvalue weighted by atomic mass is 79.9. The van der Waals surface area contributed by atoms with Crippen molar-refractivity contribution in [2.24, 2.45) is 5.41 Å². The second kappa shape index (κ2) is 8.68. The number of fused-ring (bicyclic) bond motifs is 5. The minimum Gasteiger partial charge on any atom is -0.352 e. The lowest BCUT2D eigenvalue weighted by molar-refractivity contribution is 0.0666. The summed E-state index contributed by atoms with van der Waals surface area (Å²) in [4.78, 5) is 45.5. The zero-order valence-electron chi connectivity index (χ0n) is 20.6. The lowest BCUT2D eigenvalue weighted by atomic mass is 9.64. The SMILES string of the molecule is O=C(c1ccc(F)cc1)[C@@H]1[C@@H](c2ccc(Br)cc2)C2(C(=O)c3ccccc3C2=O)[C@H]2C=Cc3ccccc3N12. The number of hydrogen-bond acceptors (Lipinski definition) is 4. The van der Waals surface area contributed by atoms with E-state index < -0.39 is 29.2 Å². The average molecular weight is 578 g/mol. The zero-order chi connectivity index (χ0) is 26.9. The first kappa shape index (κ1) is 23.9. The predicted octanol–water partition coefficient (Wildman–Crippen LogP) is 6.90. The van der Waals surface area contributed by atoms with E-state index in [1.807, 2.05) is 65.6 Å². The predicted molar refractivity (Wildman–Crippen MR) is 151 cm³/mol. The van der Waals surface area contributed by atoms with Crippen molar-refractivity contribution in [1.82, 2.24) is 0 Å². The Hall–Kier alpha value is -4.16. The molecule has 1 saturated heterocycles. The van der Waals surface area contributed by atoms with Crippen molar-refractivity contribution in [2.75, 3.05) is 4.90 Å². The Morgan fingerprint density at radius 3 is 2.08 bits per heavy atom. The fraction of sp³-hybridized carbons (Fsp3) is 0.121. The number of Topliss-reactive ketones (excluding diaryl/α,β-unsaturated/α-hetero) is 3. The van der Waals surface area contributed by atoms with Gasteiger partial charge < -0.3 is 4.90 Å². The third kappa shape index (κ3) is 3.24. The second-order valence-electron chi connectivity index (χ2n) is 10.2. The number of carbonyl (C=O) groups is 3. The molecule has 6 heteroatoms. The van der Waals surface area contributed by atoms with Crippen LogP contribution in [0.2, 0.25) is 0 Å². The number of rotatable bonds is 3. The average Bonchev–Trinajstić information content (AvgIpc) is 3.40.